The molecule has 2 aromatic heterocycles. The highest BCUT2D eigenvalue weighted by Gasteiger charge is 2.14. The highest BCUT2D eigenvalue weighted by molar-refractivity contribution is 7.07. The summed E-state index contributed by atoms with van der Waals surface area (Å²) < 4.78 is 5.27. The molecular weight excluding hydrogens is 250 g/mol. The van der Waals surface area contributed by atoms with E-state index in [1.807, 2.05) is 5.38 Å². The molecule has 0 bridgehead atoms. The zero-order valence-corrected chi connectivity index (χ0v) is 10.8. The van der Waals surface area contributed by atoms with Crippen molar-refractivity contribution in [2.24, 2.45) is 0 Å². The van der Waals surface area contributed by atoms with Crippen molar-refractivity contribution in [3.05, 3.63) is 16.8 Å². The molecule has 2 aromatic rings. The van der Waals surface area contributed by atoms with Gasteiger partial charge in [-0.25, -0.2) is 4.98 Å². The average molecular weight is 265 g/mol. The predicted octanol–water partition coefficient (Wildman–Crippen LogP) is 0.988. The maximum absolute atomic E-state index is 5.27. The number of thiazole rings is 1. The summed E-state index contributed by atoms with van der Waals surface area (Å²) in [4.78, 5) is 10.9. The second-order valence-electron chi connectivity index (χ2n) is 4.27. The van der Waals surface area contributed by atoms with Gasteiger partial charge in [-0.2, -0.15) is 4.98 Å². The lowest BCUT2D eigenvalue weighted by Gasteiger charge is -2.16. The van der Waals surface area contributed by atoms with Crippen LogP contribution in [-0.4, -0.2) is 46.2 Å². The minimum atomic E-state index is 0.583. The maximum Gasteiger partial charge on any atom is 0.241 e. The Hall–Kier alpha value is -1.31. The molecule has 96 valence electrons. The third-order valence-corrected chi connectivity index (χ3v) is 3.51. The number of nitrogens with zero attached hydrogens (tertiary/aromatic N) is 4. The number of rotatable bonds is 3. The monoisotopic (exact) mass is 265 g/mol. The largest absolute Gasteiger partial charge is 0.337 e. The van der Waals surface area contributed by atoms with Crippen LogP contribution in [0, 0.1) is 0 Å². The smallest absolute Gasteiger partial charge is 0.241 e. The Labute approximate surface area is 109 Å². The zero-order chi connectivity index (χ0) is 12.2. The van der Waals surface area contributed by atoms with Gasteiger partial charge in [-0.15, -0.1) is 11.3 Å². The molecule has 0 radical (unpaired) electrons. The van der Waals surface area contributed by atoms with E-state index >= 15 is 0 Å². The van der Waals surface area contributed by atoms with E-state index in [0.29, 0.717) is 11.7 Å². The highest BCUT2D eigenvalue weighted by atomic mass is 32.1. The summed E-state index contributed by atoms with van der Waals surface area (Å²) in [6, 6.07) is 0. The van der Waals surface area contributed by atoms with Gasteiger partial charge in [0.25, 0.3) is 0 Å². The minimum absolute atomic E-state index is 0.583. The lowest BCUT2D eigenvalue weighted by atomic mass is 10.4. The topological polar surface area (TPSA) is 67.1 Å². The van der Waals surface area contributed by atoms with Crippen molar-refractivity contribution in [1.82, 2.24) is 25.3 Å². The van der Waals surface area contributed by atoms with Gasteiger partial charge < -0.3 is 9.84 Å². The fourth-order valence-corrected chi connectivity index (χ4v) is 2.53. The van der Waals surface area contributed by atoms with Gasteiger partial charge in [0.15, 0.2) is 0 Å². The normalized spacial score (nSPS) is 17.8. The Morgan fingerprint density at radius 2 is 2.39 bits per heavy atom. The molecule has 3 rings (SSSR count). The van der Waals surface area contributed by atoms with Crippen LogP contribution in [0.15, 0.2) is 15.4 Å². The van der Waals surface area contributed by atoms with E-state index in [4.69, 9.17) is 4.52 Å². The first-order valence-electron chi connectivity index (χ1n) is 6.06. The number of hydrogen-bond donors (Lipinski definition) is 1. The van der Waals surface area contributed by atoms with Crippen molar-refractivity contribution >= 4 is 11.3 Å². The molecule has 1 N–H and O–H groups in total. The first-order chi connectivity index (χ1) is 8.92. The van der Waals surface area contributed by atoms with Gasteiger partial charge in [0.2, 0.25) is 11.7 Å². The molecule has 0 aliphatic carbocycles. The van der Waals surface area contributed by atoms with E-state index in [-0.39, 0.29) is 0 Å². The number of aromatic nitrogens is 3. The second-order valence-corrected chi connectivity index (χ2v) is 4.98. The zero-order valence-electron chi connectivity index (χ0n) is 10.0. The summed E-state index contributed by atoms with van der Waals surface area (Å²) in [6.45, 7) is 4.92. The van der Waals surface area contributed by atoms with Crippen LogP contribution in [0.4, 0.5) is 0 Å². The first-order valence-corrected chi connectivity index (χ1v) is 7.00. The van der Waals surface area contributed by atoms with Gasteiger partial charge in [-0.1, -0.05) is 5.16 Å². The Morgan fingerprint density at radius 3 is 3.28 bits per heavy atom. The molecule has 0 saturated carbocycles. The Balaban J connectivity index is 1.66. The van der Waals surface area contributed by atoms with Crippen molar-refractivity contribution in [1.29, 1.82) is 0 Å². The van der Waals surface area contributed by atoms with Crippen LogP contribution in [-0.2, 0) is 6.54 Å². The van der Waals surface area contributed by atoms with Crippen LogP contribution in [0.3, 0.4) is 0 Å². The molecule has 0 unspecified atom stereocenters. The summed E-state index contributed by atoms with van der Waals surface area (Å²) in [5.41, 5.74) is 2.55. The lowest BCUT2D eigenvalue weighted by molar-refractivity contribution is 0.239. The van der Waals surface area contributed by atoms with Crippen LogP contribution in [0.1, 0.15) is 12.3 Å². The fraction of sp³-hybridized carbons (Fsp3) is 0.545. The highest BCUT2D eigenvalue weighted by Crippen LogP contribution is 2.16. The first kappa shape index (κ1) is 11.8. The maximum atomic E-state index is 5.27. The summed E-state index contributed by atoms with van der Waals surface area (Å²) in [5, 5.41) is 9.26. The summed E-state index contributed by atoms with van der Waals surface area (Å²) >= 11 is 1.53. The number of hydrogen-bond acceptors (Lipinski definition) is 7. The lowest BCUT2D eigenvalue weighted by Crippen LogP contribution is -2.27. The third-order valence-electron chi connectivity index (χ3n) is 2.92. The van der Waals surface area contributed by atoms with E-state index < -0.39 is 0 Å². The van der Waals surface area contributed by atoms with Gasteiger partial charge in [0.05, 0.1) is 12.1 Å². The van der Waals surface area contributed by atoms with Crippen LogP contribution in [0.25, 0.3) is 11.5 Å². The van der Waals surface area contributed by atoms with Crippen molar-refractivity contribution in [3.8, 4) is 11.5 Å². The average Bonchev–Trinajstić information content (AvgIpc) is 2.98. The molecule has 1 aliphatic rings. The van der Waals surface area contributed by atoms with E-state index in [0.717, 1.165) is 44.8 Å². The quantitative estimate of drug-likeness (QED) is 0.892. The SMILES string of the molecule is c1nc(-c2noc(CN3CCCNCC3)n2)cs1. The molecule has 7 heteroatoms. The molecule has 1 saturated heterocycles. The van der Waals surface area contributed by atoms with Gasteiger partial charge in [0, 0.05) is 18.5 Å². The van der Waals surface area contributed by atoms with Gasteiger partial charge in [-0.3, -0.25) is 4.90 Å². The molecule has 18 heavy (non-hydrogen) atoms. The molecule has 1 aliphatic heterocycles. The summed E-state index contributed by atoms with van der Waals surface area (Å²) in [7, 11) is 0. The van der Waals surface area contributed by atoms with Crippen molar-refractivity contribution in [2.75, 3.05) is 26.2 Å². The Kier molecular flexibility index (Phi) is 3.63. The fourth-order valence-electron chi connectivity index (χ4n) is 2.00. The molecule has 0 amide bonds. The van der Waals surface area contributed by atoms with Crippen molar-refractivity contribution in [3.63, 3.8) is 0 Å². The van der Waals surface area contributed by atoms with E-state index in [9.17, 15) is 0 Å². The van der Waals surface area contributed by atoms with Gasteiger partial charge in [0.1, 0.15) is 5.69 Å². The van der Waals surface area contributed by atoms with Gasteiger partial charge >= 0.3 is 0 Å². The molecule has 6 nitrogen and oxygen atoms in total. The van der Waals surface area contributed by atoms with Crippen molar-refractivity contribution < 1.29 is 4.52 Å². The standard InChI is InChI=1S/C11H15N5OS/c1-2-12-3-5-16(4-1)6-10-14-11(15-17-10)9-7-18-8-13-9/h7-8,12H,1-6H2. The van der Waals surface area contributed by atoms with Crippen LogP contribution < -0.4 is 5.32 Å². The van der Waals surface area contributed by atoms with Crippen molar-refractivity contribution in [2.45, 2.75) is 13.0 Å². The number of nitrogens with one attached hydrogen (secondary N) is 1. The van der Waals surface area contributed by atoms with Crippen LogP contribution >= 0.6 is 11.3 Å². The molecule has 3 heterocycles. The summed E-state index contributed by atoms with van der Waals surface area (Å²) in [5.74, 6) is 1.25. The third kappa shape index (κ3) is 2.74. The van der Waals surface area contributed by atoms with Gasteiger partial charge in [-0.05, 0) is 19.5 Å². The summed E-state index contributed by atoms with van der Waals surface area (Å²) in [6.07, 6.45) is 1.16. The predicted molar refractivity (Wildman–Crippen MR) is 68.2 cm³/mol. The Bertz CT molecular complexity index is 475. The van der Waals surface area contributed by atoms with E-state index in [1.54, 1.807) is 5.51 Å². The van der Waals surface area contributed by atoms with E-state index in [2.05, 4.69) is 25.3 Å². The van der Waals surface area contributed by atoms with Crippen LogP contribution in [0.5, 0.6) is 0 Å². The minimum Gasteiger partial charge on any atom is -0.337 e. The van der Waals surface area contributed by atoms with E-state index in [1.165, 1.54) is 11.3 Å². The molecule has 0 spiro atoms. The molecule has 0 aromatic carbocycles. The molecule has 1 fully saturated rings. The molecular formula is C11H15N5OS. The van der Waals surface area contributed by atoms with Crippen LogP contribution in [0.2, 0.25) is 0 Å². The molecule has 0 atom stereocenters. The Morgan fingerprint density at radius 1 is 1.39 bits per heavy atom. The second kappa shape index (κ2) is 5.55.